The lowest BCUT2D eigenvalue weighted by Gasteiger charge is -2.28. The Bertz CT molecular complexity index is 1180. The molecule has 1 aliphatic heterocycles. The molecular formula is C22H30N2O7S2. The minimum atomic E-state index is -3.99. The van der Waals surface area contributed by atoms with Gasteiger partial charge in [0.25, 0.3) is 0 Å². The molecule has 0 aliphatic carbocycles. The summed E-state index contributed by atoms with van der Waals surface area (Å²) in [6.07, 6.45) is 1.68. The van der Waals surface area contributed by atoms with Crippen molar-refractivity contribution >= 4 is 25.7 Å². The van der Waals surface area contributed by atoms with Crippen LogP contribution in [0.3, 0.4) is 0 Å². The van der Waals surface area contributed by atoms with E-state index in [9.17, 15) is 16.8 Å². The average molecular weight is 499 g/mol. The van der Waals surface area contributed by atoms with Crippen molar-refractivity contribution in [3.05, 3.63) is 42.0 Å². The SMILES string of the molecule is CCOc1ccc(N2CCCCS2(=O)=O)cc1S(=O)(=O)NCCc1cc(OC)ccc1OC. The largest absolute Gasteiger partial charge is 0.497 e. The molecule has 0 bridgehead atoms. The molecule has 0 amide bonds. The number of anilines is 1. The van der Waals surface area contributed by atoms with Crippen LogP contribution in [0.5, 0.6) is 17.2 Å². The maximum absolute atomic E-state index is 13.2. The third-order valence-electron chi connectivity index (χ3n) is 5.33. The van der Waals surface area contributed by atoms with Gasteiger partial charge in [0, 0.05) is 13.1 Å². The lowest BCUT2D eigenvalue weighted by Crippen LogP contribution is -2.38. The zero-order chi connectivity index (χ0) is 24.1. The van der Waals surface area contributed by atoms with E-state index in [1.165, 1.54) is 16.4 Å². The highest BCUT2D eigenvalue weighted by molar-refractivity contribution is 7.92. The third-order valence-corrected chi connectivity index (χ3v) is 8.68. The number of benzene rings is 2. The van der Waals surface area contributed by atoms with Gasteiger partial charge in [0.2, 0.25) is 20.0 Å². The molecule has 1 heterocycles. The van der Waals surface area contributed by atoms with Crippen LogP contribution in [0.25, 0.3) is 0 Å². The molecule has 2 aromatic rings. The van der Waals surface area contributed by atoms with Crippen LogP contribution in [0.2, 0.25) is 0 Å². The first kappa shape index (κ1) is 25.1. The molecule has 0 atom stereocenters. The highest BCUT2D eigenvalue weighted by Crippen LogP contribution is 2.32. The summed E-state index contributed by atoms with van der Waals surface area (Å²) in [5.41, 5.74) is 1.10. The molecule has 1 saturated heterocycles. The van der Waals surface area contributed by atoms with Gasteiger partial charge in [-0.1, -0.05) is 0 Å². The monoisotopic (exact) mass is 498 g/mol. The lowest BCUT2D eigenvalue weighted by atomic mass is 10.1. The summed E-state index contributed by atoms with van der Waals surface area (Å²) in [7, 11) is -4.37. The van der Waals surface area contributed by atoms with Gasteiger partial charge in [-0.05, 0) is 68.1 Å². The quantitative estimate of drug-likeness (QED) is 0.536. The fourth-order valence-corrected chi connectivity index (χ4v) is 6.52. The molecule has 9 nitrogen and oxygen atoms in total. The van der Waals surface area contributed by atoms with E-state index in [1.54, 1.807) is 45.4 Å². The van der Waals surface area contributed by atoms with Crippen LogP contribution in [0.4, 0.5) is 5.69 Å². The number of methoxy groups -OCH3 is 2. The maximum atomic E-state index is 13.2. The molecule has 0 aromatic heterocycles. The summed E-state index contributed by atoms with van der Waals surface area (Å²) in [6.45, 7) is 2.44. The van der Waals surface area contributed by atoms with Crippen LogP contribution >= 0.6 is 0 Å². The molecule has 0 radical (unpaired) electrons. The van der Waals surface area contributed by atoms with E-state index in [4.69, 9.17) is 14.2 Å². The summed E-state index contributed by atoms with van der Waals surface area (Å²) in [6, 6.07) is 9.76. The summed E-state index contributed by atoms with van der Waals surface area (Å²) in [4.78, 5) is -0.0970. The van der Waals surface area contributed by atoms with Crippen LogP contribution in [-0.2, 0) is 26.5 Å². The first-order valence-corrected chi connectivity index (χ1v) is 13.8. The Labute approximate surface area is 195 Å². The number of nitrogens with one attached hydrogen (secondary N) is 1. The van der Waals surface area contributed by atoms with Crippen molar-refractivity contribution < 1.29 is 31.0 Å². The summed E-state index contributed by atoms with van der Waals surface area (Å²) in [5.74, 6) is 1.48. The van der Waals surface area contributed by atoms with Gasteiger partial charge in [-0.25, -0.2) is 21.6 Å². The van der Waals surface area contributed by atoms with E-state index in [0.29, 0.717) is 36.6 Å². The molecular weight excluding hydrogens is 468 g/mol. The summed E-state index contributed by atoms with van der Waals surface area (Å²) in [5, 5.41) is 0. The first-order chi connectivity index (χ1) is 15.7. The molecule has 3 rings (SSSR count). The van der Waals surface area contributed by atoms with Crippen molar-refractivity contribution in [3.8, 4) is 17.2 Å². The lowest BCUT2D eigenvalue weighted by molar-refractivity contribution is 0.331. The van der Waals surface area contributed by atoms with E-state index in [1.807, 2.05) is 0 Å². The van der Waals surface area contributed by atoms with Crippen molar-refractivity contribution in [2.75, 3.05) is 44.0 Å². The van der Waals surface area contributed by atoms with Crippen LogP contribution in [0, 0.1) is 0 Å². The minimum absolute atomic E-state index is 0.0446. The Hall–Kier alpha value is -2.50. The highest BCUT2D eigenvalue weighted by atomic mass is 32.2. The Morgan fingerprint density at radius 1 is 1.03 bits per heavy atom. The number of rotatable bonds is 10. The number of sulfonamides is 2. The van der Waals surface area contributed by atoms with Crippen LogP contribution in [0.15, 0.2) is 41.3 Å². The fourth-order valence-electron chi connectivity index (χ4n) is 3.69. The second-order valence-corrected chi connectivity index (χ2v) is 11.2. The van der Waals surface area contributed by atoms with Gasteiger partial charge < -0.3 is 14.2 Å². The van der Waals surface area contributed by atoms with Crippen molar-refractivity contribution in [3.63, 3.8) is 0 Å². The highest BCUT2D eigenvalue weighted by Gasteiger charge is 2.28. The summed E-state index contributed by atoms with van der Waals surface area (Å²) >= 11 is 0. The van der Waals surface area contributed by atoms with Crippen molar-refractivity contribution in [2.24, 2.45) is 0 Å². The Kier molecular flexibility index (Phi) is 8.09. The minimum Gasteiger partial charge on any atom is -0.497 e. The third kappa shape index (κ3) is 5.90. The van der Waals surface area contributed by atoms with Gasteiger partial charge in [0.1, 0.15) is 22.1 Å². The Morgan fingerprint density at radius 3 is 2.45 bits per heavy atom. The Balaban J connectivity index is 1.85. The second-order valence-electron chi connectivity index (χ2n) is 7.48. The van der Waals surface area contributed by atoms with Crippen molar-refractivity contribution in [1.82, 2.24) is 4.72 Å². The topological polar surface area (TPSA) is 111 Å². The maximum Gasteiger partial charge on any atom is 0.244 e. The molecule has 1 aliphatic rings. The smallest absolute Gasteiger partial charge is 0.244 e. The van der Waals surface area contributed by atoms with Gasteiger partial charge in [0.15, 0.2) is 0 Å². The van der Waals surface area contributed by atoms with Gasteiger partial charge in [0.05, 0.1) is 32.3 Å². The molecule has 33 heavy (non-hydrogen) atoms. The molecule has 1 fully saturated rings. The van der Waals surface area contributed by atoms with Gasteiger partial charge >= 0.3 is 0 Å². The number of hydrogen-bond acceptors (Lipinski definition) is 7. The molecule has 0 unspecified atom stereocenters. The van der Waals surface area contributed by atoms with Crippen LogP contribution < -0.4 is 23.2 Å². The second kappa shape index (κ2) is 10.6. The molecule has 1 N–H and O–H groups in total. The zero-order valence-corrected chi connectivity index (χ0v) is 20.7. The van der Waals surface area contributed by atoms with E-state index >= 15 is 0 Å². The molecule has 0 saturated carbocycles. The molecule has 2 aromatic carbocycles. The van der Waals surface area contributed by atoms with Crippen molar-refractivity contribution in [1.29, 1.82) is 0 Å². The predicted molar refractivity (Wildman–Crippen MR) is 126 cm³/mol. The Morgan fingerprint density at radius 2 is 1.79 bits per heavy atom. The van der Waals surface area contributed by atoms with Gasteiger partial charge in [-0.3, -0.25) is 4.31 Å². The molecule has 0 spiro atoms. The van der Waals surface area contributed by atoms with E-state index in [2.05, 4.69) is 4.72 Å². The van der Waals surface area contributed by atoms with Crippen molar-refractivity contribution in [2.45, 2.75) is 31.1 Å². The standard InChI is InChI=1S/C22H30N2O7S2/c1-4-31-21-9-7-18(24-13-5-6-14-32(24,25)26)16-22(21)33(27,28)23-12-11-17-15-19(29-2)8-10-20(17)30-3/h7-10,15-16,23H,4-6,11-14H2,1-3H3. The summed E-state index contributed by atoms with van der Waals surface area (Å²) < 4.78 is 71.3. The number of hydrogen-bond donors (Lipinski definition) is 1. The number of ether oxygens (including phenoxy) is 3. The van der Waals surface area contributed by atoms with E-state index < -0.39 is 20.0 Å². The first-order valence-electron chi connectivity index (χ1n) is 10.7. The van der Waals surface area contributed by atoms with Gasteiger partial charge in [-0.15, -0.1) is 0 Å². The molecule has 11 heteroatoms. The van der Waals surface area contributed by atoms with E-state index in [0.717, 1.165) is 12.0 Å². The average Bonchev–Trinajstić information content (AvgIpc) is 2.79. The van der Waals surface area contributed by atoms with Gasteiger partial charge in [-0.2, -0.15) is 0 Å². The van der Waals surface area contributed by atoms with E-state index in [-0.39, 0.29) is 29.5 Å². The number of nitrogens with zero attached hydrogens (tertiary/aromatic N) is 1. The fraction of sp³-hybridized carbons (Fsp3) is 0.455. The van der Waals surface area contributed by atoms with Crippen LogP contribution in [-0.4, -0.2) is 56.5 Å². The molecule has 182 valence electrons. The predicted octanol–water partition coefficient (Wildman–Crippen LogP) is 2.55. The zero-order valence-electron chi connectivity index (χ0n) is 19.0. The van der Waals surface area contributed by atoms with Crippen LogP contribution in [0.1, 0.15) is 25.3 Å². The normalized spacial score (nSPS) is 15.8.